The average molecular weight is 379 g/mol. The average Bonchev–Trinajstić information content (AvgIpc) is 2.99. The molecule has 0 unspecified atom stereocenters. The van der Waals surface area contributed by atoms with Crippen LogP contribution in [0.2, 0.25) is 0 Å². The molecule has 5 nitrogen and oxygen atoms in total. The Hall–Kier alpha value is -1.73. The topological polar surface area (TPSA) is 52.2 Å². The number of fused-ring (bicyclic) bond motifs is 1. The normalized spacial score (nSPS) is 12.3. The lowest BCUT2D eigenvalue weighted by atomic mass is 10.3. The van der Waals surface area contributed by atoms with Crippen LogP contribution in [0.5, 0.6) is 0 Å². The van der Waals surface area contributed by atoms with Crippen LogP contribution in [0.1, 0.15) is 23.0 Å². The highest BCUT2D eigenvalue weighted by atomic mass is 79.9. The zero-order valence-corrected chi connectivity index (χ0v) is 14.9. The van der Waals surface area contributed by atoms with Crippen LogP contribution in [-0.4, -0.2) is 20.3 Å². The highest BCUT2D eigenvalue weighted by Gasteiger charge is 2.14. The Bertz CT molecular complexity index is 935. The number of para-hydroxylation sites is 1. The van der Waals surface area contributed by atoms with Crippen LogP contribution in [0.3, 0.4) is 0 Å². The third-order valence-electron chi connectivity index (χ3n) is 3.38. The second-order valence-corrected chi connectivity index (χ2v) is 6.83. The molecule has 7 heteroatoms. The molecule has 3 aromatic rings. The lowest BCUT2D eigenvalue weighted by Crippen LogP contribution is -2.16. The minimum Gasteiger partial charge on any atom is -0.316 e. The summed E-state index contributed by atoms with van der Waals surface area (Å²) >= 11 is 5.08. The molecule has 0 atom stereocenters. The number of benzene rings is 1. The second kappa shape index (κ2) is 5.81. The van der Waals surface area contributed by atoms with Gasteiger partial charge in [0.05, 0.1) is 10.2 Å². The largest absolute Gasteiger partial charge is 0.316 e. The van der Waals surface area contributed by atoms with E-state index in [0.29, 0.717) is 10.5 Å². The molecule has 0 aliphatic heterocycles. The first-order valence-electron chi connectivity index (χ1n) is 6.88. The number of rotatable bonds is 2. The highest BCUT2D eigenvalue weighted by Crippen LogP contribution is 2.25. The number of halogens is 1. The third kappa shape index (κ3) is 2.55. The van der Waals surface area contributed by atoms with Gasteiger partial charge in [0.15, 0.2) is 10.5 Å². The standard InChI is InChI=1S/C15H15BrN4OS/c1-4-20-13-10(16)6-5-7-11(13)22-15(20)17-14(21)12-9(2)8-19(3)18-12/h5-8H,4H2,1-3H3. The molecule has 0 aliphatic carbocycles. The lowest BCUT2D eigenvalue weighted by Gasteiger charge is -2.01. The van der Waals surface area contributed by atoms with Crippen LogP contribution in [0.15, 0.2) is 33.9 Å². The van der Waals surface area contributed by atoms with Gasteiger partial charge in [-0.05, 0) is 41.9 Å². The Kier molecular flexibility index (Phi) is 4.01. The molecule has 0 saturated heterocycles. The number of aromatic nitrogens is 3. The zero-order valence-electron chi connectivity index (χ0n) is 12.5. The minimum absolute atomic E-state index is 0.303. The van der Waals surface area contributed by atoms with E-state index in [1.807, 2.05) is 42.8 Å². The van der Waals surface area contributed by atoms with Crippen LogP contribution >= 0.6 is 27.3 Å². The predicted octanol–water partition coefficient (Wildman–Crippen LogP) is 3.27. The van der Waals surface area contributed by atoms with Crippen molar-refractivity contribution in [1.82, 2.24) is 14.3 Å². The van der Waals surface area contributed by atoms with E-state index in [-0.39, 0.29) is 5.91 Å². The summed E-state index contributed by atoms with van der Waals surface area (Å²) in [4.78, 5) is 17.4. The maximum atomic E-state index is 12.4. The van der Waals surface area contributed by atoms with Crippen molar-refractivity contribution in [2.45, 2.75) is 20.4 Å². The first-order valence-corrected chi connectivity index (χ1v) is 8.49. The number of thiazole rings is 1. The number of amides is 1. The molecule has 0 bridgehead atoms. The van der Waals surface area contributed by atoms with Gasteiger partial charge in [-0.15, -0.1) is 0 Å². The second-order valence-electron chi connectivity index (χ2n) is 4.97. The van der Waals surface area contributed by atoms with Crippen molar-refractivity contribution in [1.29, 1.82) is 0 Å². The summed E-state index contributed by atoms with van der Waals surface area (Å²) in [6.45, 7) is 4.65. The third-order valence-corrected chi connectivity index (χ3v) is 5.06. The Balaban J connectivity index is 2.19. The van der Waals surface area contributed by atoms with Gasteiger partial charge in [-0.3, -0.25) is 9.48 Å². The van der Waals surface area contributed by atoms with Gasteiger partial charge in [-0.25, -0.2) is 0 Å². The Morgan fingerprint density at radius 3 is 2.86 bits per heavy atom. The van der Waals surface area contributed by atoms with Gasteiger partial charge >= 0.3 is 0 Å². The van der Waals surface area contributed by atoms with E-state index >= 15 is 0 Å². The van der Waals surface area contributed by atoms with Gasteiger partial charge in [-0.2, -0.15) is 10.1 Å². The number of hydrogen-bond donors (Lipinski definition) is 0. The number of nitrogens with zero attached hydrogens (tertiary/aromatic N) is 4. The fourth-order valence-electron chi connectivity index (χ4n) is 2.42. The van der Waals surface area contributed by atoms with Gasteiger partial charge in [0.2, 0.25) is 0 Å². The quantitative estimate of drug-likeness (QED) is 0.686. The Morgan fingerprint density at radius 1 is 1.45 bits per heavy atom. The molecule has 3 rings (SSSR count). The summed E-state index contributed by atoms with van der Waals surface area (Å²) in [5.41, 5.74) is 2.31. The predicted molar refractivity (Wildman–Crippen MR) is 91.0 cm³/mol. The number of carbonyl (C=O) groups is 1. The maximum absolute atomic E-state index is 12.4. The van der Waals surface area contributed by atoms with Crippen molar-refractivity contribution in [3.63, 3.8) is 0 Å². The maximum Gasteiger partial charge on any atom is 0.300 e. The Labute approximate surface area is 140 Å². The van der Waals surface area contributed by atoms with Crippen LogP contribution < -0.4 is 4.80 Å². The van der Waals surface area contributed by atoms with E-state index in [9.17, 15) is 4.79 Å². The molecule has 1 aromatic carbocycles. The molecule has 22 heavy (non-hydrogen) atoms. The summed E-state index contributed by atoms with van der Waals surface area (Å²) in [7, 11) is 1.80. The molecule has 0 spiro atoms. The van der Waals surface area contributed by atoms with Gasteiger partial charge < -0.3 is 4.57 Å². The molecule has 2 aromatic heterocycles. The SMILES string of the molecule is CCn1c(=NC(=O)c2nn(C)cc2C)sc2cccc(Br)c21. The van der Waals surface area contributed by atoms with E-state index in [1.54, 1.807) is 11.7 Å². The molecule has 2 heterocycles. The molecule has 114 valence electrons. The molecule has 0 saturated carbocycles. The van der Waals surface area contributed by atoms with E-state index in [4.69, 9.17) is 0 Å². The van der Waals surface area contributed by atoms with E-state index in [2.05, 4.69) is 26.0 Å². The lowest BCUT2D eigenvalue weighted by molar-refractivity contribution is 0.0992. The molecule has 0 aliphatic rings. The molecule has 0 N–H and O–H groups in total. The van der Waals surface area contributed by atoms with E-state index < -0.39 is 0 Å². The van der Waals surface area contributed by atoms with Crippen molar-refractivity contribution in [2.24, 2.45) is 12.0 Å². The Morgan fingerprint density at radius 2 is 2.23 bits per heavy atom. The van der Waals surface area contributed by atoms with Crippen molar-refractivity contribution >= 4 is 43.4 Å². The molecule has 0 fully saturated rings. The summed E-state index contributed by atoms with van der Waals surface area (Å²) in [5.74, 6) is -0.303. The van der Waals surface area contributed by atoms with Gasteiger partial charge in [0.1, 0.15) is 0 Å². The highest BCUT2D eigenvalue weighted by molar-refractivity contribution is 9.10. The fourth-order valence-corrected chi connectivity index (χ4v) is 4.25. The zero-order chi connectivity index (χ0) is 15.9. The van der Waals surface area contributed by atoms with Gasteiger partial charge in [0.25, 0.3) is 5.91 Å². The summed E-state index contributed by atoms with van der Waals surface area (Å²) < 4.78 is 5.78. The summed E-state index contributed by atoms with van der Waals surface area (Å²) in [6, 6.07) is 6.01. The van der Waals surface area contributed by atoms with E-state index in [1.165, 1.54) is 11.3 Å². The van der Waals surface area contributed by atoms with Crippen molar-refractivity contribution in [2.75, 3.05) is 0 Å². The molecular weight excluding hydrogens is 364 g/mol. The molecular formula is C15H15BrN4OS. The summed E-state index contributed by atoms with van der Waals surface area (Å²) in [5, 5.41) is 4.19. The first kappa shape index (κ1) is 15.2. The van der Waals surface area contributed by atoms with E-state index in [0.717, 1.165) is 26.8 Å². The first-order chi connectivity index (χ1) is 10.5. The van der Waals surface area contributed by atoms with Crippen molar-refractivity contribution in [3.05, 3.63) is 44.9 Å². The number of aryl methyl sites for hydroxylation is 3. The smallest absolute Gasteiger partial charge is 0.300 e. The minimum atomic E-state index is -0.303. The fraction of sp³-hybridized carbons (Fsp3) is 0.267. The number of carbonyl (C=O) groups excluding carboxylic acids is 1. The van der Waals surface area contributed by atoms with Crippen LogP contribution in [-0.2, 0) is 13.6 Å². The van der Waals surface area contributed by atoms with Crippen molar-refractivity contribution in [3.8, 4) is 0 Å². The monoisotopic (exact) mass is 378 g/mol. The van der Waals surface area contributed by atoms with Gasteiger partial charge in [-0.1, -0.05) is 17.4 Å². The van der Waals surface area contributed by atoms with Crippen LogP contribution in [0, 0.1) is 6.92 Å². The van der Waals surface area contributed by atoms with Crippen molar-refractivity contribution < 1.29 is 4.79 Å². The van der Waals surface area contributed by atoms with Crippen LogP contribution in [0.4, 0.5) is 0 Å². The summed E-state index contributed by atoms with van der Waals surface area (Å²) in [6.07, 6.45) is 1.82. The molecule has 1 amide bonds. The van der Waals surface area contributed by atoms with Crippen LogP contribution in [0.25, 0.3) is 10.2 Å². The van der Waals surface area contributed by atoms with Gasteiger partial charge in [0, 0.05) is 29.8 Å². The number of hydrogen-bond acceptors (Lipinski definition) is 3. The molecule has 0 radical (unpaired) electrons.